The highest BCUT2D eigenvalue weighted by molar-refractivity contribution is 7.23. The Labute approximate surface area is 326 Å². The molecule has 0 saturated heterocycles. The topological polar surface area (TPSA) is 0 Å². The normalized spacial score (nSPS) is 11.5. The maximum absolute atomic E-state index is 2.44. The summed E-state index contributed by atoms with van der Waals surface area (Å²) in [5, 5.41) is 6.33. The van der Waals surface area contributed by atoms with Gasteiger partial charge in [0.05, 0.1) is 0 Å². The van der Waals surface area contributed by atoms with E-state index in [1.807, 2.05) is 11.3 Å². The summed E-state index contributed by atoms with van der Waals surface area (Å²) in [6, 6.07) is 71.7. The lowest BCUT2D eigenvalue weighted by Gasteiger charge is -2.20. The van der Waals surface area contributed by atoms with Crippen LogP contribution in [0.5, 0.6) is 0 Å². The molecule has 1 aromatic heterocycles. The molecular weight excluding hydrogens is 681 g/mol. The molecule has 0 saturated carbocycles. The van der Waals surface area contributed by atoms with Gasteiger partial charge >= 0.3 is 0 Å². The molecule has 0 unspecified atom stereocenters. The Bertz CT molecular complexity index is 2950. The fourth-order valence-electron chi connectivity index (χ4n) is 8.33. The summed E-state index contributed by atoms with van der Waals surface area (Å²) < 4.78 is 1.30. The van der Waals surface area contributed by atoms with Gasteiger partial charge in [0.25, 0.3) is 0 Å². The number of thiophene rings is 1. The first kappa shape index (κ1) is 33.1. The van der Waals surface area contributed by atoms with Crippen molar-refractivity contribution in [3.8, 4) is 66.1 Å². The largest absolute Gasteiger partial charge is 0.135 e. The Hall–Kier alpha value is -6.54. The van der Waals surface area contributed by atoms with Crippen LogP contribution in [0.15, 0.2) is 194 Å². The molecule has 0 aliphatic carbocycles. The zero-order chi connectivity index (χ0) is 36.9. The van der Waals surface area contributed by atoms with Crippen molar-refractivity contribution in [3.63, 3.8) is 0 Å². The molecule has 0 amide bonds. The Morgan fingerprint density at radius 1 is 0.291 bits per heavy atom. The van der Waals surface area contributed by atoms with Gasteiger partial charge in [-0.15, -0.1) is 11.3 Å². The maximum Gasteiger partial charge on any atom is 0.0433 e. The van der Waals surface area contributed by atoms with Gasteiger partial charge in [-0.25, -0.2) is 0 Å². The van der Waals surface area contributed by atoms with Crippen molar-refractivity contribution in [2.75, 3.05) is 0 Å². The molecule has 55 heavy (non-hydrogen) atoms. The summed E-state index contributed by atoms with van der Waals surface area (Å²) in [7, 11) is 0. The summed E-state index contributed by atoms with van der Waals surface area (Å²) in [4.78, 5) is 1.31. The molecule has 1 heterocycles. The number of hydrogen-bond acceptors (Lipinski definition) is 1. The van der Waals surface area contributed by atoms with Gasteiger partial charge in [-0.3, -0.25) is 0 Å². The zero-order valence-corrected chi connectivity index (χ0v) is 31.7. The van der Waals surface area contributed by atoms with E-state index >= 15 is 0 Å². The Morgan fingerprint density at radius 3 is 1.38 bits per heavy atom. The van der Waals surface area contributed by atoms with Crippen LogP contribution in [0.3, 0.4) is 0 Å². The van der Waals surface area contributed by atoms with Gasteiger partial charge in [0.15, 0.2) is 0 Å². The molecule has 0 bridgehead atoms. The highest BCUT2D eigenvalue weighted by Crippen LogP contribution is 2.50. The maximum atomic E-state index is 2.44. The van der Waals surface area contributed by atoms with Crippen LogP contribution in [0.2, 0.25) is 0 Å². The summed E-state index contributed by atoms with van der Waals surface area (Å²) in [5.41, 5.74) is 16.3. The standard InChI is InChI=1S/C54H38S/c1-35-21-25-39(26-22-35)52-48-32-30-42(34-50(48)55-54(52)40-27-23-36(2)24-28-40)51-43-17-9-11-19-45(43)53(46-20-12-10-18-44(46)51)47-31-29-41(37-13-5-3-6-14-37)33-49(47)38-15-7-4-8-16-38/h3-34H,1-2H3. The van der Waals surface area contributed by atoms with E-state index in [1.54, 1.807) is 0 Å². The average Bonchev–Trinajstić information content (AvgIpc) is 3.62. The molecule has 1 heteroatoms. The lowest BCUT2D eigenvalue weighted by atomic mass is 9.83. The summed E-state index contributed by atoms with van der Waals surface area (Å²) in [5.74, 6) is 0. The van der Waals surface area contributed by atoms with E-state index in [0.717, 1.165) is 0 Å². The van der Waals surface area contributed by atoms with Crippen LogP contribution < -0.4 is 0 Å². The van der Waals surface area contributed by atoms with Gasteiger partial charge in [-0.1, -0.05) is 193 Å². The molecule has 0 atom stereocenters. The third-order valence-corrected chi connectivity index (χ3v) is 12.2. The highest BCUT2D eigenvalue weighted by atomic mass is 32.1. The number of fused-ring (bicyclic) bond motifs is 3. The minimum absolute atomic E-state index is 1.21. The summed E-state index contributed by atoms with van der Waals surface area (Å²) >= 11 is 1.90. The van der Waals surface area contributed by atoms with Gasteiger partial charge in [0, 0.05) is 20.5 Å². The van der Waals surface area contributed by atoms with E-state index in [9.17, 15) is 0 Å². The number of benzene rings is 9. The van der Waals surface area contributed by atoms with Crippen LogP contribution in [-0.2, 0) is 0 Å². The molecular formula is C54H38S. The Kier molecular flexibility index (Phi) is 8.24. The van der Waals surface area contributed by atoms with E-state index in [2.05, 4.69) is 208 Å². The van der Waals surface area contributed by atoms with Crippen LogP contribution in [-0.4, -0.2) is 0 Å². The lowest BCUT2D eigenvalue weighted by Crippen LogP contribution is -1.93. The van der Waals surface area contributed by atoms with Gasteiger partial charge < -0.3 is 0 Å². The van der Waals surface area contributed by atoms with Crippen molar-refractivity contribution in [2.45, 2.75) is 13.8 Å². The van der Waals surface area contributed by atoms with Crippen molar-refractivity contribution >= 4 is 43.0 Å². The van der Waals surface area contributed by atoms with Crippen molar-refractivity contribution in [2.24, 2.45) is 0 Å². The Balaban J connectivity index is 1.22. The molecule has 0 spiro atoms. The van der Waals surface area contributed by atoms with Gasteiger partial charge in [-0.2, -0.15) is 0 Å². The molecule has 0 N–H and O–H groups in total. The number of aryl methyl sites for hydroxylation is 2. The van der Waals surface area contributed by atoms with Gasteiger partial charge in [0.2, 0.25) is 0 Å². The molecule has 10 aromatic rings. The predicted molar refractivity (Wildman–Crippen MR) is 239 cm³/mol. The first-order chi connectivity index (χ1) is 27.1. The Morgan fingerprint density at radius 2 is 0.782 bits per heavy atom. The van der Waals surface area contributed by atoms with E-state index in [0.29, 0.717) is 0 Å². The van der Waals surface area contributed by atoms with E-state index in [4.69, 9.17) is 0 Å². The fourth-order valence-corrected chi connectivity index (χ4v) is 9.60. The summed E-state index contributed by atoms with van der Waals surface area (Å²) in [6.45, 7) is 4.31. The van der Waals surface area contributed by atoms with Crippen molar-refractivity contribution in [1.82, 2.24) is 0 Å². The van der Waals surface area contributed by atoms with E-state index < -0.39 is 0 Å². The van der Waals surface area contributed by atoms with E-state index in [1.165, 1.54) is 109 Å². The lowest BCUT2D eigenvalue weighted by molar-refractivity contribution is 1.47. The second-order valence-electron chi connectivity index (χ2n) is 14.6. The highest BCUT2D eigenvalue weighted by Gasteiger charge is 2.21. The fraction of sp³-hybridized carbons (Fsp3) is 0.0370. The first-order valence-corrected chi connectivity index (χ1v) is 19.8. The van der Waals surface area contributed by atoms with E-state index in [-0.39, 0.29) is 0 Å². The number of hydrogen-bond donors (Lipinski definition) is 0. The third kappa shape index (κ3) is 5.85. The molecule has 9 aromatic carbocycles. The minimum atomic E-state index is 1.21. The molecule has 0 aliphatic heterocycles. The second-order valence-corrected chi connectivity index (χ2v) is 15.6. The predicted octanol–water partition coefficient (Wildman–Crippen LogP) is 15.8. The van der Waals surface area contributed by atoms with Crippen LogP contribution in [0, 0.1) is 13.8 Å². The quantitative estimate of drug-likeness (QED) is 0.150. The van der Waals surface area contributed by atoms with Crippen LogP contribution in [0.4, 0.5) is 0 Å². The van der Waals surface area contributed by atoms with Crippen LogP contribution >= 0.6 is 11.3 Å². The second kappa shape index (κ2) is 13.7. The van der Waals surface area contributed by atoms with Crippen molar-refractivity contribution in [1.29, 1.82) is 0 Å². The van der Waals surface area contributed by atoms with Gasteiger partial charge in [-0.05, 0) is 103 Å². The zero-order valence-electron chi connectivity index (χ0n) is 30.9. The monoisotopic (exact) mass is 718 g/mol. The van der Waals surface area contributed by atoms with Crippen molar-refractivity contribution < 1.29 is 0 Å². The summed E-state index contributed by atoms with van der Waals surface area (Å²) in [6.07, 6.45) is 0. The SMILES string of the molecule is Cc1ccc(-c2sc3cc(-c4c5ccccc5c(-c5ccc(-c6ccccc6)cc5-c5ccccc5)c5ccccc45)ccc3c2-c2ccc(C)cc2)cc1. The van der Waals surface area contributed by atoms with Gasteiger partial charge in [0.1, 0.15) is 0 Å². The van der Waals surface area contributed by atoms with Crippen LogP contribution in [0.25, 0.3) is 97.7 Å². The third-order valence-electron chi connectivity index (χ3n) is 11.0. The smallest absolute Gasteiger partial charge is 0.0433 e. The minimum Gasteiger partial charge on any atom is -0.135 e. The van der Waals surface area contributed by atoms with Crippen molar-refractivity contribution in [3.05, 3.63) is 205 Å². The average molecular weight is 719 g/mol. The molecule has 260 valence electrons. The molecule has 10 rings (SSSR count). The number of rotatable bonds is 6. The molecule has 0 fully saturated rings. The molecule has 0 radical (unpaired) electrons. The van der Waals surface area contributed by atoms with Crippen LogP contribution in [0.1, 0.15) is 11.1 Å². The first-order valence-electron chi connectivity index (χ1n) is 19.0. The molecule has 0 nitrogen and oxygen atoms in total. The molecule has 0 aliphatic rings.